The first-order valence-electron chi connectivity index (χ1n) is 6.23. The smallest absolute Gasteiger partial charge is 0.271 e. The molecule has 0 unspecified atom stereocenters. The minimum atomic E-state index is -0.428. The van der Waals surface area contributed by atoms with Crippen molar-refractivity contribution in [2.24, 2.45) is 0 Å². The fourth-order valence-electron chi connectivity index (χ4n) is 2.53. The minimum Gasteiger partial charge on any atom is -0.331 e. The Kier molecular flexibility index (Phi) is 2.34. The molecule has 102 valence electrons. The Morgan fingerprint density at radius 3 is 2.86 bits per heavy atom. The van der Waals surface area contributed by atoms with Crippen molar-refractivity contribution in [3.8, 4) is 0 Å². The van der Waals surface area contributed by atoms with Crippen LogP contribution >= 0.6 is 12.2 Å². The molecule has 2 aromatic carbocycles. The molecule has 0 aliphatic carbocycles. The first kappa shape index (κ1) is 12.0. The lowest BCUT2D eigenvalue weighted by molar-refractivity contribution is -0.384. The molecule has 4 rings (SSSR count). The van der Waals surface area contributed by atoms with Crippen molar-refractivity contribution >= 4 is 45.5 Å². The summed E-state index contributed by atoms with van der Waals surface area (Å²) in [6.07, 6.45) is 0. The topological polar surface area (TPSA) is 76.2 Å². The van der Waals surface area contributed by atoms with Crippen LogP contribution < -0.4 is 0 Å². The number of aromatic amines is 1. The highest BCUT2D eigenvalue weighted by Crippen LogP contribution is 2.25. The standard InChI is InChI=1S/C14H8N4O2S/c19-18(20)8-5-6-9-11(7-8)16-14(21)17-12-4-2-1-3-10(12)15-13(9)17/h1-7H,(H,16,21). The molecule has 0 aliphatic rings. The number of para-hydroxylation sites is 2. The third-order valence-electron chi connectivity index (χ3n) is 3.46. The number of nitrogens with zero attached hydrogens (tertiary/aromatic N) is 3. The number of nitrogens with one attached hydrogen (secondary N) is 1. The van der Waals surface area contributed by atoms with Gasteiger partial charge in [0.2, 0.25) is 0 Å². The van der Waals surface area contributed by atoms with Crippen LogP contribution in [0.15, 0.2) is 42.5 Å². The molecule has 0 spiro atoms. The number of non-ortho nitro benzene ring substituents is 1. The normalized spacial score (nSPS) is 11.4. The summed E-state index contributed by atoms with van der Waals surface area (Å²) in [4.78, 5) is 18.1. The van der Waals surface area contributed by atoms with Gasteiger partial charge in [-0.15, -0.1) is 0 Å². The van der Waals surface area contributed by atoms with Gasteiger partial charge in [0.1, 0.15) is 5.65 Å². The molecule has 2 aromatic heterocycles. The number of aromatic nitrogens is 3. The average molecular weight is 296 g/mol. The molecule has 0 bridgehead atoms. The summed E-state index contributed by atoms with van der Waals surface area (Å²) >= 11 is 5.37. The van der Waals surface area contributed by atoms with Gasteiger partial charge in [-0.3, -0.25) is 14.5 Å². The lowest BCUT2D eigenvalue weighted by Gasteiger charge is -2.02. The van der Waals surface area contributed by atoms with Gasteiger partial charge in [-0.05, 0) is 30.4 Å². The highest BCUT2D eigenvalue weighted by molar-refractivity contribution is 7.71. The fourth-order valence-corrected chi connectivity index (χ4v) is 2.82. The number of H-pyrrole nitrogens is 1. The number of nitro groups is 1. The zero-order valence-electron chi connectivity index (χ0n) is 10.6. The van der Waals surface area contributed by atoms with E-state index in [1.807, 2.05) is 28.7 Å². The second-order valence-corrected chi connectivity index (χ2v) is 5.06. The Bertz CT molecular complexity index is 1100. The summed E-state index contributed by atoms with van der Waals surface area (Å²) < 4.78 is 2.31. The van der Waals surface area contributed by atoms with Crippen LogP contribution in [-0.4, -0.2) is 19.3 Å². The third kappa shape index (κ3) is 1.64. The minimum absolute atomic E-state index is 0.0219. The molecule has 0 fully saturated rings. The highest BCUT2D eigenvalue weighted by Gasteiger charge is 2.12. The molecule has 4 aromatic rings. The summed E-state index contributed by atoms with van der Waals surface area (Å²) in [5.41, 5.74) is 3.08. The first-order chi connectivity index (χ1) is 10.1. The average Bonchev–Trinajstić information content (AvgIpc) is 2.86. The van der Waals surface area contributed by atoms with Gasteiger partial charge in [0.15, 0.2) is 4.77 Å². The molecular weight excluding hydrogens is 288 g/mol. The molecule has 0 atom stereocenters. The molecule has 0 radical (unpaired) electrons. The number of rotatable bonds is 1. The van der Waals surface area contributed by atoms with Crippen LogP contribution in [0.4, 0.5) is 5.69 Å². The Labute approximate surface area is 122 Å². The van der Waals surface area contributed by atoms with E-state index in [-0.39, 0.29) is 5.69 Å². The van der Waals surface area contributed by atoms with E-state index in [1.54, 1.807) is 6.07 Å². The van der Waals surface area contributed by atoms with Gasteiger partial charge in [0.05, 0.1) is 21.5 Å². The maximum atomic E-state index is 10.9. The van der Waals surface area contributed by atoms with Crippen LogP contribution in [0.3, 0.4) is 0 Å². The molecule has 1 N–H and O–H groups in total. The quantitative estimate of drug-likeness (QED) is 0.331. The lowest BCUT2D eigenvalue weighted by atomic mass is 10.2. The van der Waals surface area contributed by atoms with Crippen molar-refractivity contribution in [2.75, 3.05) is 0 Å². The highest BCUT2D eigenvalue weighted by atomic mass is 32.1. The van der Waals surface area contributed by atoms with Gasteiger partial charge in [0.25, 0.3) is 5.69 Å². The Hall–Kier alpha value is -2.80. The molecule has 21 heavy (non-hydrogen) atoms. The predicted octanol–water partition coefficient (Wildman–Crippen LogP) is 3.61. The Morgan fingerprint density at radius 2 is 2.05 bits per heavy atom. The SMILES string of the molecule is O=[N+]([O-])c1ccc2c(c1)[nH]c(=S)n1c3ccccc3nc21. The van der Waals surface area contributed by atoms with E-state index in [1.165, 1.54) is 12.1 Å². The summed E-state index contributed by atoms with van der Waals surface area (Å²) in [6, 6.07) is 12.3. The van der Waals surface area contributed by atoms with Gasteiger partial charge < -0.3 is 4.98 Å². The zero-order valence-corrected chi connectivity index (χ0v) is 11.4. The molecule has 0 aliphatic heterocycles. The van der Waals surface area contributed by atoms with Crippen molar-refractivity contribution < 1.29 is 4.92 Å². The summed E-state index contributed by atoms with van der Waals surface area (Å²) in [5.74, 6) is 0. The third-order valence-corrected chi connectivity index (χ3v) is 3.74. The van der Waals surface area contributed by atoms with E-state index in [0.717, 1.165) is 16.4 Å². The Balaban J connectivity index is 2.24. The van der Waals surface area contributed by atoms with Crippen molar-refractivity contribution in [3.05, 3.63) is 57.3 Å². The van der Waals surface area contributed by atoms with E-state index in [9.17, 15) is 10.1 Å². The van der Waals surface area contributed by atoms with Crippen LogP contribution in [0.5, 0.6) is 0 Å². The maximum Gasteiger partial charge on any atom is 0.271 e. The molecule has 6 nitrogen and oxygen atoms in total. The van der Waals surface area contributed by atoms with E-state index in [2.05, 4.69) is 9.97 Å². The van der Waals surface area contributed by atoms with Crippen LogP contribution in [-0.2, 0) is 0 Å². The van der Waals surface area contributed by atoms with E-state index < -0.39 is 4.92 Å². The molecule has 2 heterocycles. The molecule has 7 heteroatoms. The van der Waals surface area contributed by atoms with Gasteiger partial charge in [-0.1, -0.05) is 12.1 Å². The number of imidazole rings is 1. The Morgan fingerprint density at radius 1 is 1.24 bits per heavy atom. The van der Waals surface area contributed by atoms with Crippen LogP contribution in [0.25, 0.3) is 27.6 Å². The number of hydrogen-bond acceptors (Lipinski definition) is 4. The van der Waals surface area contributed by atoms with E-state index >= 15 is 0 Å². The molecule has 0 saturated carbocycles. The summed E-state index contributed by atoms with van der Waals surface area (Å²) in [6.45, 7) is 0. The van der Waals surface area contributed by atoms with Gasteiger partial charge in [0, 0.05) is 17.5 Å². The maximum absolute atomic E-state index is 10.9. The number of fused-ring (bicyclic) bond motifs is 5. The second kappa shape index (κ2) is 4.10. The summed E-state index contributed by atoms with van der Waals surface area (Å²) in [7, 11) is 0. The number of benzene rings is 2. The van der Waals surface area contributed by atoms with E-state index in [4.69, 9.17) is 12.2 Å². The zero-order chi connectivity index (χ0) is 14.6. The second-order valence-electron chi connectivity index (χ2n) is 4.68. The molecule has 0 amide bonds. The van der Waals surface area contributed by atoms with Crippen LogP contribution in [0.1, 0.15) is 0 Å². The van der Waals surface area contributed by atoms with Crippen molar-refractivity contribution in [1.82, 2.24) is 14.4 Å². The van der Waals surface area contributed by atoms with Gasteiger partial charge in [-0.25, -0.2) is 4.98 Å². The van der Waals surface area contributed by atoms with Crippen molar-refractivity contribution in [1.29, 1.82) is 0 Å². The number of nitro benzene ring substituents is 1. The van der Waals surface area contributed by atoms with Crippen LogP contribution in [0.2, 0.25) is 0 Å². The largest absolute Gasteiger partial charge is 0.331 e. The fraction of sp³-hybridized carbons (Fsp3) is 0. The predicted molar refractivity (Wildman–Crippen MR) is 82.0 cm³/mol. The number of hydrogen-bond donors (Lipinski definition) is 1. The van der Waals surface area contributed by atoms with Crippen molar-refractivity contribution in [3.63, 3.8) is 0 Å². The molecule has 0 saturated heterocycles. The lowest BCUT2D eigenvalue weighted by Crippen LogP contribution is -1.94. The monoisotopic (exact) mass is 296 g/mol. The molecular formula is C14H8N4O2S. The first-order valence-corrected chi connectivity index (χ1v) is 6.63. The van der Waals surface area contributed by atoms with Gasteiger partial charge in [-0.2, -0.15) is 0 Å². The van der Waals surface area contributed by atoms with Crippen LogP contribution in [0, 0.1) is 14.9 Å². The summed E-state index contributed by atoms with van der Waals surface area (Å²) in [5, 5.41) is 11.7. The van der Waals surface area contributed by atoms with Gasteiger partial charge >= 0.3 is 0 Å². The van der Waals surface area contributed by atoms with Crippen molar-refractivity contribution in [2.45, 2.75) is 0 Å². The van der Waals surface area contributed by atoms with E-state index in [0.29, 0.717) is 15.9 Å².